The molecule has 1 unspecified atom stereocenters. The molecule has 0 aliphatic heterocycles. The molecule has 1 atom stereocenters. The van der Waals surface area contributed by atoms with E-state index in [9.17, 15) is 0 Å². The Kier molecular flexibility index (Phi) is 3.09. The Balaban J connectivity index is 2.95. The van der Waals surface area contributed by atoms with E-state index >= 15 is 0 Å². The van der Waals surface area contributed by atoms with Gasteiger partial charge in [-0.15, -0.1) is 0 Å². The summed E-state index contributed by atoms with van der Waals surface area (Å²) in [4.78, 5) is 3.02. The van der Waals surface area contributed by atoms with E-state index in [1.807, 2.05) is 12.4 Å². The molecule has 12 heavy (non-hydrogen) atoms. The van der Waals surface area contributed by atoms with E-state index in [0.29, 0.717) is 12.0 Å². The molecular weight excluding hydrogens is 168 g/mol. The Morgan fingerprint density at radius 2 is 2.25 bits per heavy atom. The van der Waals surface area contributed by atoms with E-state index in [-0.39, 0.29) is 0 Å². The number of hydrogen-bond donors (Lipinski definition) is 1. The normalized spacial score (nSPS) is 13.7. The van der Waals surface area contributed by atoms with Crippen molar-refractivity contribution in [2.75, 3.05) is 0 Å². The van der Waals surface area contributed by atoms with Crippen LogP contribution in [0.5, 0.6) is 0 Å². The summed E-state index contributed by atoms with van der Waals surface area (Å²) in [5.74, 6) is 0.637. The maximum Gasteiger partial charge on any atom is 0.177 e. The van der Waals surface area contributed by atoms with Crippen LogP contribution in [-0.4, -0.2) is 9.55 Å². The Labute approximate surface area is 78.6 Å². The molecule has 68 valence electrons. The summed E-state index contributed by atoms with van der Waals surface area (Å²) < 4.78 is 2.97. The zero-order valence-electron chi connectivity index (χ0n) is 7.87. The van der Waals surface area contributed by atoms with Crippen molar-refractivity contribution < 1.29 is 0 Å². The number of H-pyrrole nitrogens is 1. The lowest BCUT2D eigenvalue weighted by Crippen LogP contribution is -2.13. The first-order valence-electron chi connectivity index (χ1n) is 4.42. The topological polar surface area (TPSA) is 20.7 Å². The van der Waals surface area contributed by atoms with E-state index in [4.69, 9.17) is 12.2 Å². The fourth-order valence-corrected chi connectivity index (χ4v) is 1.85. The highest BCUT2D eigenvalue weighted by molar-refractivity contribution is 7.71. The molecule has 0 aliphatic carbocycles. The number of imidazole rings is 1. The summed E-state index contributed by atoms with van der Waals surface area (Å²) >= 11 is 5.15. The van der Waals surface area contributed by atoms with Crippen molar-refractivity contribution in [3.8, 4) is 0 Å². The van der Waals surface area contributed by atoms with Crippen LogP contribution in [0.15, 0.2) is 12.4 Å². The van der Waals surface area contributed by atoms with E-state index in [2.05, 4.69) is 30.3 Å². The third kappa shape index (κ3) is 1.78. The molecule has 0 aromatic carbocycles. The molecule has 0 radical (unpaired) electrons. The Bertz CT molecular complexity index is 285. The molecule has 1 N–H and O–H groups in total. The first-order chi connectivity index (χ1) is 5.66. The van der Waals surface area contributed by atoms with Crippen LogP contribution in [0.3, 0.4) is 0 Å². The lowest BCUT2D eigenvalue weighted by atomic mass is 10.0. The van der Waals surface area contributed by atoms with Gasteiger partial charge in [-0.1, -0.05) is 20.8 Å². The van der Waals surface area contributed by atoms with Crippen molar-refractivity contribution in [2.45, 2.75) is 33.2 Å². The lowest BCUT2D eigenvalue weighted by molar-refractivity contribution is 0.362. The highest BCUT2D eigenvalue weighted by atomic mass is 32.1. The predicted octanol–water partition coefficient (Wildman–Crippen LogP) is 3.15. The van der Waals surface area contributed by atoms with Crippen molar-refractivity contribution in [2.24, 2.45) is 5.92 Å². The fourth-order valence-electron chi connectivity index (χ4n) is 1.58. The lowest BCUT2D eigenvalue weighted by Gasteiger charge is -2.20. The third-order valence-electron chi connectivity index (χ3n) is 2.22. The smallest absolute Gasteiger partial charge is 0.177 e. The van der Waals surface area contributed by atoms with Crippen molar-refractivity contribution in [3.63, 3.8) is 0 Å². The van der Waals surface area contributed by atoms with Crippen LogP contribution in [0.2, 0.25) is 0 Å². The van der Waals surface area contributed by atoms with Crippen LogP contribution >= 0.6 is 12.2 Å². The van der Waals surface area contributed by atoms with Gasteiger partial charge in [-0.3, -0.25) is 0 Å². The molecule has 0 bridgehead atoms. The zero-order chi connectivity index (χ0) is 9.14. The molecule has 2 nitrogen and oxygen atoms in total. The second-order valence-corrected chi connectivity index (χ2v) is 3.78. The van der Waals surface area contributed by atoms with Gasteiger partial charge in [-0.05, 0) is 24.6 Å². The van der Waals surface area contributed by atoms with Crippen LogP contribution < -0.4 is 0 Å². The third-order valence-corrected chi connectivity index (χ3v) is 2.55. The molecule has 0 saturated heterocycles. The number of aromatic nitrogens is 2. The van der Waals surface area contributed by atoms with Gasteiger partial charge in [-0.25, -0.2) is 0 Å². The number of rotatable bonds is 3. The van der Waals surface area contributed by atoms with Crippen LogP contribution in [0, 0.1) is 10.7 Å². The summed E-state index contributed by atoms with van der Waals surface area (Å²) in [7, 11) is 0. The van der Waals surface area contributed by atoms with Gasteiger partial charge < -0.3 is 9.55 Å². The number of hydrogen-bond acceptors (Lipinski definition) is 1. The molecule has 1 rings (SSSR count). The Morgan fingerprint density at radius 1 is 1.58 bits per heavy atom. The van der Waals surface area contributed by atoms with E-state index < -0.39 is 0 Å². The van der Waals surface area contributed by atoms with Gasteiger partial charge >= 0.3 is 0 Å². The van der Waals surface area contributed by atoms with Crippen molar-refractivity contribution in [3.05, 3.63) is 17.2 Å². The van der Waals surface area contributed by atoms with Gasteiger partial charge in [0.2, 0.25) is 0 Å². The first-order valence-corrected chi connectivity index (χ1v) is 4.83. The minimum absolute atomic E-state index is 0.531. The van der Waals surface area contributed by atoms with Crippen molar-refractivity contribution >= 4 is 12.2 Å². The number of aromatic amines is 1. The second-order valence-electron chi connectivity index (χ2n) is 3.39. The number of nitrogens with zero attached hydrogens (tertiary/aromatic N) is 1. The van der Waals surface area contributed by atoms with Crippen LogP contribution in [-0.2, 0) is 0 Å². The van der Waals surface area contributed by atoms with Crippen LogP contribution in [0.1, 0.15) is 33.2 Å². The molecule has 0 saturated carbocycles. The summed E-state index contributed by atoms with van der Waals surface area (Å²) in [5.41, 5.74) is 0. The second kappa shape index (κ2) is 3.90. The highest BCUT2D eigenvalue weighted by Gasteiger charge is 2.12. The quantitative estimate of drug-likeness (QED) is 0.716. The van der Waals surface area contributed by atoms with Gasteiger partial charge in [0.1, 0.15) is 0 Å². The zero-order valence-corrected chi connectivity index (χ0v) is 8.69. The molecule has 0 fully saturated rings. The minimum atomic E-state index is 0.531. The molecule has 0 aliphatic rings. The SMILES string of the molecule is CCC(C(C)C)n1cc[nH]c1=S. The monoisotopic (exact) mass is 184 g/mol. The van der Waals surface area contributed by atoms with Gasteiger partial charge in [0.05, 0.1) is 0 Å². The van der Waals surface area contributed by atoms with Crippen LogP contribution in [0.4, 0.5) is 0 Å². The predicted molar refractivity (Wildman–Crippen MR) is 53.8 cm³/mol. The number of nitrogens with one attached hydrogen (secondary N) is 1. The average molecular weight is 184 g/mol. The molecule has 3 heteroatoms. The van der Waals surface area contributed by atoms with Crippen molar-refractivity contribution in [1.29, 1.82) is 0 Å². The molecule has 1 heterocycles. The first kappa shape index (κ1) is 9.52. The van der Waals surface area contributed by atoms with Crippen LogP contribution in [0.25, 0.3) is 0 Å². The molecule has 0 amide bonds. The van der Waals surface area contributed by atoms with Gasteiger partial charge in [0, 0.05) is 18.4 Å². The largest absolute Gasteiger partial charge is 0.337 e. The van der Waals surface area contributed by atoms with E-state index in [0.717, 1.165) is 11.2 Å². The van der Waals surface area contributed by atoms with Gasteiger partial charge in [0.25, 0.3) is 0 Å². The van der Waals surface area contributed by atoms with E-state index in [1.54, 1.807) is 0 Å². The minimum Gasteiger partial charge on any atom is -0.337 e. The molecule has 1 aromatic heterocycles. The van der Waals surface area contributed by atoms with E-state index in [1.165, 1.54) is 0 Å². The molecular formula is C9H16N2S. The Hall–Kier alpha value is -0.570. The maximum atomic E-state index is 5.15. The van der Waals surface area contributed by atoms with Gasteiger partial charge in [-0.2, -0.15) is 0 Å². The fraction of sp³-hybridized carbons (Fsp3) is 0.667. The summed E-state index contributed by atoms with van der Waals surface area (Å²) in [6, 6.07) is 0.531. The molecule has 0 spiro atoms. The standard InChI is InChI=1S/C9H16N2S/c1-4-8(7(2)3)11-6-5-10-9(11)12/h5-8H,4H2,1-3H3,(H,10,12). The average Bonchev–Trinajstić information content (AvgIpc) is 2.38. The maximum absolute atomic E-state index is 5.15. The summed E-state index contributed by atoms with van der Waals surface area (Å²) in [5, 5.41) is 0. The summed E-state index contributed by atoms with van der Waals surface area (Å²) in [6.07, 6.45) is 5.05. The van der Waals surface area contributed by atoms with Gasteiger partial charge in [0.15, 0.2) is 4.77 Å². The summed E-state index contributed by atoms with van der Waals surface area (Å²) in [6.45, 7) is 6.64. The Morgan fingerprint density at radius 3 is 2.58 bits per heavy atom. The molecule has 1 aromatic rings. The van der Waals surface area contributed by atoms with Crippen molar-refractivity contribution in [1.82, 2.24) is 9.55 Å². The highest BCUT2D eigenvalue weighted by Crippen LogP contribution is 2.20.